The lowest BCUT2D eigenvalue weighted by Crippen LogP contribution is -2.38. The van der Waals surface area contributed by atoms with E-state index >= 15 is 0 Å². The highest BCUT2D eigenvalue weighted by atomic mass is 127. The highest BCUT2D eigenvalue weighted by molar-refractivity contribution is 14.0. The Hall–Kier alpha value is -2.55. The molecule has 1 aromatic heterocycles. The molecule has 32 heavy (non-hydrogen) atoms. The number of nitrogens with zero attached hydrogens (tertiary/aromatic N) is 3. The molecule has 1 heterocycles. The number of aromatic nitrogens is 2. The maximum Gasteiger partial charge on any atom is 0.191 e. The molecule has 0 aliphatic rings. The van der Waals surface area contributed by atoms with Gasteiger partial charge in [-0.15, -0.1) is 24.0 Å². The summed E-state index contributed by atoms with van der Waals surface area (Å²) < 4.78 is 7.39. The fourth-order valence-electron chi connectivity index (χ4n) is 3.41. The Balaban J connectivity index is 0.00000363. The Kier molecular flexibility index (Phi) is 11.1. The summed E-state index contributed by atoms with van der Waals surface area (Å²) in [5, 5.41) is 6.78. The first-order valence-electron chi connectivity index (χ1n) is 10.9. The van der Waals surface area contributed by atoms with Gasteiger partial charge in [0, 0.05) is 32.0 Å². The number of methoxy groups -OCH3 is 1. The first-order chi connectivity index (χ1) is 15.2. The number of hydrogen-bond acceptors (Lipinski definition) is 3. The number of aliphatic imine (C=N–C) groups is 1. The maximum atomic E-state index is 5.24. The second-order valence-electron chi connectivity index (χ2n) is 7.54. The summed E-state index contributed by atoms with van der Waals surface area (Å²) in [5.74, 6) is 3.11. The third kappa shape index (κ3) is 7.85. The minimum atomic E-state index is 0. The highest BCUT2D eigenvalue weighted by Gasteiger charge is 2.07. The Morgan fingerprint density at radius 3 is 2.53 bits per heavy atom. The highest BCUT2D eigenvalue weighted by Crippen LogP contribution is 2.21. The zero-order valence-electron chi connectivity index (χ0n) is 19.1. The molecule has 2 aromatic carbocycles. The molecular formula is C25H34IN5O. The van der Waals surface area contributed by atoms with Gasteiger partial charge in [-0.05, 0) is 42.5 Å². The second kappa shape index (κ2) is 13.8. The molecule has 0 spiro atoms. The van der Waals surface area contributed by atoms with Crippen LogP contribution >= 0.6 is 24.0 Å². The van der Waals surface area contributed by atoms with Crippen molar-refractivity contribution in [1.29, 1.82) is 0 Å². The molecule has 1 atom stereocenters. The molecule has 0 radical (unpaired) electrons. The molecular weight excluding hydrogens is 513 g/mol. The molecule has 172 valence electrons. The zero-order valence-corrected chi connectivity index (χ0v) is 21.5. The molecule has 6 nitrogen and oxygen atoms in total. The largest absolute Gasteiger partial charge is 0.497 e. The van der Waals surface area contributed by atoms with E-state index < -0.39 is 0 Å². The number of benzene rings is 2. The van der Waals surface area contributed by atoms with Gasteiger partial charge in [-0.1, -0.05) is 49.4 Å². The minimum Gasteiger partial charge on any atom is -0.497 e. The van der Waals surface area contributed by atoms with Crippen LogP contribution in [0.15, 0.2) is 72.0 Å². The van der Waals surface area contributed by atoms with Crippen molar-refractivity contribution >= 4 is 29.9 Å². The van der Waals surface area contributed by atoms with E-state index in [9.17, 15) is 0 Å². The van der Waals surface area contributed by atoms with Crippen molar-refractivity contribution in [2.24, 2.45) is 4.99 Å². The van der Waals surface area contributed by atoms with Crippen LogP contribution in [0.4, 0.5) is 0 Å². The summed E-state index contributed by atoms with van der Waals surface area (Å²) in [5.41, 5.74) is 2.57. The Morgan fingerprint density at radius 2 is 1.84 bits per heavy atom. The number of ether oxygens (including phenoxy) is 1. The smallest absolute Gasteiger partial charge is 0.191 e. The monoisotopic (exact) mass is 547 g/mol. The summed E-state index contributed by atoms with van der Waals surface area (Å²) >= 11 is 0. The molecule has 0 amide bonds. The molecule has 0 fully saturated rings. The quantitative estimate of drug-likeness (QED) is 0.217. The molecule has 3 rings (SSSR count). The van der Waals surface area contributed by atoms with Crippen molar-refractivity contribution in [3.05, 3.63) is 83.9 Å². The minimum absolute atomic E-state index is 0. The van der Waals surface area contributed by atoms with Gasteiger partial charge in [0.1, 0.15) is 18.1 Å². The lowest BCUT2D eigenvalue weighted by molar-refractivity contribution is 0.414. The van der Waals surface area contributed by atoms with Crippen LogP contribution < -0.4 is 15.4 Å². The van der Waals surface area contributed by atoms with Gasteiger partial charge in [-0.25, -0.2) is 9.98 Å². The van der Waals surface area contributed by atoms with Crippen LogP contribution in [0.5, 0.6) is 5.75 Å². The van der Waals surface area contributed by atoms with Gasteiger partial charge < -0.3 is 19.9 Å². The molecule has 0 bridgehead atoms. The summed E-state index contributed by atoms with van der Waals surface area (Å²) in [6.07, 6.45) is 4.86. The second-order valence-corrected chi connectivity index (χ2v) is 7.54. The average molecular weight is 547 g/mol. The van der Waals surface area contributed by atoms with Crippen LogP contribution in [-0.2, 0) is 13.1 Å². The van der Waals surface area contributed by atoms with Crippen molar-refractivity contribution in [2.45, 2.75) is 39.3 Å². The van der Waals surface area contributed by atoms with Gasteiger partial charge in [0.2, 0.25) is 0 Å². The summed E-state index contributed by atoms with van der Waals surface area (Å²) in [6.45, 7) is 7.31. The van der Waals surface area contributed by atoms with Crippen LogP contribution in [0.1, 0.15) is 43.1 Å². The van der Waals surface area contributed by atoms with Crippen molar-refractivity contribution in [2.75, 3.05) is 20.2 Å². The number of rotatable bonds is 10. The number of guanidine groups is 1. The Morgan fingerprint density at radius 1 is 1.09 bits per heavy atom. The van der Waals surface area contributed by atoms with Crippen molar-refractivity contribution in [3.8, 4) is 5.75 Å². The first kappa shape index (κ1) is 25.7. The Labute approximate surface area is 208 Å². The maximum absolute atomic E-state index is 5.24. The van der Waals surface area contributed by atoms with E-state index in [1.807, 2.05) is 30.6 Å². The average Bonchev–Trinajstić information content (AvgIpc) is 3.25. The van der Waals surface area contributed by atoms with Crippen molar-refractivity contribution < 1.29 is 4.74 Å². The fourth-order valence-corrected chi connectivity index (χ4v) is 3.41. The van der Waals surface area contributed by atoms with Crippen molar-refractivity contribution in [3.63, 3.8) is 0 Å². The van der Waals surface area contributed by atoms with E-state index in [-0.39, 0.29) is 24.0 Å². The van der Waals surface area contributed by atoms with Gasteiger partial charge in [0.15, 0.2) is 5.96 Å². The van der Waals surface area contributed by atoms with E-state index in [4.69, 9.17) is 9.73 Å². The molecule has 0 saturated heterocycles. The van der Waals surface area contributed by atoms with Gasteiger partial charge in [0.05, 0.1) is 7.11 Å². The van der Waals surface area contributed by atoms with Gasteiger partial charge in [0.25, 0.3) is 0 Å². The zero-order chi connectivity index (χ0) is 21.9. The van der Waals surface area contributed by atoms with Crippen LogP contribution in [-0.4, -0.2) is 35.7 Å². The van der Waals surface area contributed by atoms with Crippen LogP contribution in [0.25, 0.3) is 0 Å². The Bertz CT molecular complexity index is 940. The SMILES string of the molecule is CCNC(=NCc1nccn1Cc1ccccc1)NCCC(C)c1ccc(OC)cc1.I. The van der Waals surface area contributed by atoms with E-state index in [1.54, 1.807) is 7.11 Å². The van der Waals surface area contributed by atoms with Gasteiger partial charge in [-0.2, -0.15) is 0 Å². The van der Waals surface area contributed by atoms with E-state index in [1.165, 1.54) is 11.1 Å². The first-order valence-corrected chi connectivity index (χ1v) is 10.9. The predicted octanol–water partition coefficient (Wildman–Crippen LogP) is 4.81. The molecule has 1 unspecified atom stereocenters. The summed E-state index contributed by atoms with van der Waals surface area (Å²) in [7, 11) is 1.69. The molecule has 2 N–H and O–H groups in total. The topological polar surface area (TPSA) is 63.5 Å². The molecule has 0 saturated carbocycles. The third-order valence-electron chi connectivity index (χ3n) is 5.27. The summed E-state index contributed by atoms with van der Waals surface area (Å²) in [6, 6.07) is 18.7. The molecule has 0 aliphatic carbocycles. The van der Waals surface area contributed by atoms with Crippen molar-refractivity contribution in [1.82, 2.24) is 20.2 Å². The van der Waals surface area contributed by atoms with Gasteiger partial charge >= 0.3 is 0 Å². The number of halogens is 1. The van der Waals surface area contributed by atoms with Crippen LogP contribution in [0.2, 0.25) is 0 Å². The molecule has 3 aromatic rings. The van der Waals surface area contributed by atoms with E-state index in [0.29, 0.717) is 12.5 Å². The number of imidazole rings is 1. The van der Waals surface area contributed by atoms with E-state index in [0.717, 1.165) is 43.6 Å². The predicted molar refractivity (Wildman–Crippen MR) is 142 cm³/mol. The van der Waals surface area contributed by atoms with E-state index in [2.05, 4.69) is 70.4 Å². The normalized spacial score (nSPS) is 12.0. The lowest BCUT2D eigenvalue weighted by atomic mass is 9.98. The standard InChI is InChI=1S/C25H33N5O.HI/c1-4-26-25(28-15-14-20(2)22-10-12-23(31-3)13-11-22)29-18-24-27-16-17-30(24)19-21-8-6-5-7-9-21;/h5-13,16-17,20H,4,14-15,18-19H2,1-3H3,(H2,26,28,29);1H. The summed E-state index contributed by atoms with van der Waals surface area (Å²) in [4.78, 5) is 9.24. The molecule has 0 aliphatic heterocycles. The van der Waals surface area contributed by atoms with Crippen LogP contribution in [0.3, 0.4) is 0 Å². The fraction of sp³-hybridized carbons (Fsp3) is 0.360. The van der Waals surface area contributed by atoms with Crippen LogP contribution in [0, 0.1) is 0 Å². The lowest BCUT2D eigenvalue weighted by Gasteiger charge is -2.15. The van der Waals surface area contributed by atoms with Gasteiger partial charge in [-0.3, -0.25) is 0 Å². The number of hydrogen-bond donors (Lipinski definition) is 2. The number of nitrogens with one attached hydrogen (secondary N) is 2. The molecule has 7 heteroatoms. The third-order valence-corrected chi connectivity index (χ3v) is 5.27.